The summed E-state index contributed by atoms with van der Waals surface area (Å²) in [6.45, 7) is 1.30. The summed E-state index contributed by atoms with van der Waals surface area (Å²) in [6.07, 6.45) is -4.44. The van der Waals surface area contributed by atoms with Crippen molar-refractivity contribution >= 4 is 24.1 Å². The van der Waals surface area contributed by atoms with E-state index in [9.17, 15) is 18.0 Å². The number of carbonyl (C=O) groups is 1. The van der Waals surface area contributed by atoms with Gasteiger partial charge in [-0.1, -0.05) is 6.07 Å². The van der Waals surface area contributed by atoms with E-state index in [2.05, 4.69) is 10.6 Å². The molecule has 2 amide bonds. The van der Waals surface area contributed by atoms with Crippen LogP contribution in [0.15, 0.2) is 24.3 Å². The van der Waals surface area contributed by atoms with Crippen LogP contribution in [-0.4, -0.2) is 32.3 Å². The first kappa shape index (κ1) is 19.5. The average molecular weight is 328 g/mol. The lowest BCUT2D eigenvalue weighted by atomic mass is 10.2. The highest BCUT2D eigenvalue weighted by Crippen LogP contribution is 2.30. The van der Waals surface area contributed by atoms with Gasteiger partial charge in [-0.05, 0) is 18.2 Å². The lowest BCUT2D eigenvalue weighted by Gasteiger charge is -2.10. The van der Waals surface area contributed by atoms with E-state index in [1.807, 2.05) is 0 Å². The highest BCUT2D eigenvalue weighted by Gasteiger charge is 2.30. The summed E-state index contributed by atoms with van der Waals surface area (Å²) in [5, 5.41) is 4.77. The topological polar surface area (TPSA) is 76.4 Å². The number of anilines is 1. The number of urea groups is 1. The maximum atomic E-state index is 12.5. The molecule has 0 spiro atoms. The molecule has 1 rings (SSSR count). The summed E-state index contributed by atoms with van der Waals surface area (Å²) in [5.41, 5.74) is 4.46. The van der Waals surface area contributed by atoms with E-state index < -0.39 is 17.8 Å². The lowest BCUT2D eigenvalue weighted by Crippen LogP contribution is -2.32. The van der Waals surface area contributed by atoms with Gasteiger partial charge in [0, 0.05) is 18.8 Å². The van der Waals surface area contributed by atoms with E-state index in [1.165, 1.54) is 12.1 Å². The fraction of sp³-hybridized carbons (Fsp3) is 0.417. The van der Waals surface area contributed by atoms with Crippen molar-refractivity contribution in [2.24, 2.45) is 5.73 Å². The van der Waals surface area contributed by atoms with E-state index in [1.54, 1.807) is 0 Å². The van der Waals surface area contributed by atoms with Gasteiger partial charge in [0.25, 0.3) is 0 Å². The SMILES string of the molecule is Cl.NCCOCCNC(=O)Nc1cccc(C(F)(F)F)c1. The molecule has 0 saturated heterocycles. The number of halogens is 4. The summed E-state index contributed by atoms with van der Waals surface area (Å²) < 4.78 is 42.4. The van der Waals surface area contributed by atoms with Gasteiger partial charge in [-0.2, -0.15) is 13.2 Å². The van der Waals surface area contributed by atoms with Crippen LogP contribution in [0, 0.1) is 0 Å². The van der Waals surface area contributed by atoms with E-state index in [-0.39, 0.29) is 31.2 Å². The van der Waals surface area contributed by atoms with Crippen molar-refractivity contribution in [3.05, 3.63) is 29.8 Å². The zero-order chi connectivity index (χ0) is 15.0. The molecule has 1 aromatic rings. The predicted molar refractivity (Wildman–Crippen MR) is 75.6 cm³/mol. The lowest BCUT2D eigenvalue weighted by molar-refractivity contribution is -0.137. The average Bonchev–Trinajstić information content (AvgIpc) is 2.38. The number of nitrogens with one attached hydrogen (secondary N) is 2. The Balaban J connectivity index is 0.00000400. The molecule has 0 radical (unpaired) electrons. The third kappa shape index (κ3) is 7.74. The molecule has 4 N–H and O–H groups in total. The van der Waals surface area contributed by atoms with Crippen LogP contribution in [0.4, 0.5) is 23.7 Å². The van der Waals surface area contributed by atoms with Crippen LogP contribution in [0.3, 0.4) is 0 Å². The molecule has 0 unspecified atom stereocenters. The van der Waals surface area contributed by atoms with Gasteiger partial charge in [0.1, 0.15) is 0 Å². The summed E-state index contributed by atoms with van der Waals surface area (Å²) in [5.74, 6) is 0. The molecule has 0 aromatic heterocycles. The summed E-state index contributed by atoms with van der Waals surface area (Å²) >= 11 is 0. The number of hydrogen-bond donors (Lipinski definition) is 3. The van der Waals surface area contributed by atoms with Crippen LogP contribution < -0.4 is 16.4 Å². The smallest absolute Gasteiger partial charge is 0.378 e. The Morgan fingerprint density at radius 3 is 2.62 bits per heavy atom. The Morgan fingerprint density at radius 1 is 1.29 bits per heavy atom. The molecule has 0 aliphatic rings. The van der Waals surface area contributed by atoms with Gasteiger partial charge in [-0.15, -0.1) is 12.4 Å². The van der Waals surface area contributed by atoms with Crippen molar-refractivity contribution in [2.45, 2.75) is 6.18 Å². The van der Waals surface area contributed by atoms with Gasteiger partial charge >= 0.3 is 12.2 Å². The molecule has 0 atom stereocenters. The zero-order valence-corrected chi connectivity index (χ0v) is 11.9. The van der Waals surface area contributed by atoms with Crippen molar-refractivity contribution < 1.29 is 22.7 Å². The summed E-state index contributed by atoms with van der Waals surface area (Å²) in [6, 6.07) is 3.80. The van der Waals surface area contributed by atoms with Crippen molar-refractivity contribution in [2.75, 3.05) is 31.6 Å². The maximum Gasteiger partial charge on any atom is 0.416 e. The van der Waals surface area contributed by atoms with Crippen molar-refractivity contribution in [1.29, 1.82) is 0 Å². The van der Waals surface area contributed by atoms with Crippen LogP contribution >= 0.6 is 12.4 Å². The molecular formula is C12H17ClF3N3O2. The molecular weight excluding hydrogens is 311 g/mol. The van der Waals surface area contributed by atoms with Gasteiger partial charge < -0.3 is 21.1 Å². The van der Waals surface area contributed by atoms with Crippen LogP contribution in [0.5, 0.6) is 0 Å². The second-order valence-corrected chi connectivity index (χ2v) is 3.86. The third-order valence-corrected chi connectivity index (χ3v) is 2.24. The van der Waals surface area contributed by atoms with Crippen molar-refractivity contribution in [3.8, 4) is 0 Å². The number of benzene rings is 1. The standard InChI is InChI=1S/C12H16F3N3O2.ClH/c13-12(14,15)9-2-1-3-10(8-9)18-11(19)17-5-7-20-6-4-16;/h1-3,8H,4-7,16H2,(H2,17,18,19);1H. The minimum atomic E-state index is -4.44. The minimum absolute atomic E-state index is 0. The van der Waals surface area contributed by atoms with Gasteiger partial charge in [-0.25, -0.2) is 4.79 Å². The fourth-order valence-electron chi connectivity index (χ4n) is 1.37. The first-order chi connectivity index (χ1) is 9.43. The predicted octanol–water partition coefficient (Wildman–Crippen LogP) is 2.22. The van der Waals surface area contributed by atoms with Crippen LogP contribution in [-0.2, 0) is 10.9 Å². The molecule has 0 aliphatic heterocycles. The molecule has 1 aromatic carbocycles. The van der Waals surface area contributed by atoms with Crippen LogP contribution in [0.1, 0.15) is 5.56 Å². The monoisotopic (exact) mass is 327 g/mol. The largest absolute Gasteiger partial charge is 0.416 e. The Hall–Kier alpha value is -1.51. The quantitative estimate of drug-likeness (QED) is 0.701. The molecule has 120 valence electrons. The minimum Gasteiger partial charge on any atom is -0.378 e. The molecule has 0 heterocycles. The Morgan fingerprint density at radius 2 is 2.00 bits per heavy atom. The van der Waals surface area contributed by atoms with Gasteiger partial charge in [0.2, 0.25) is 0 Å². The van der Waals surface area contributed by atoms with Gasteiger partial charge in [0.15, 0.2) is 0 Å². The Labute approximate surface area is 126 Å². The van der Waals surface area contributed by atoms with Gasteiger partial charge in [0.05, 0.1) is 18.8 Å². The van der Waals surface area contributed by atoms with E-state index in [4.69, 9.17) is 10.5 Å². The number of carbonyl (C=O) groups excluding carboxylic acids is 1. The van der Waals surface area contributed by atoms with E-state index in [0.29, 0.717) is 13.2 Å². The highest BCUT2D eigenvalue weighted by molar-refractivity contribution is 5.89. The molecule has 5 nitrogen and oxygen atoms in total. The van der Waals surface area contributed by atoms with Crippen molar-refractivity contribution in [3.63, 3.8) is 0 Å². The first-order valence-electron chi connectivity index (χ1n) is 5.93. The third-order valence-electron chi connectivity index (χ3n) is 2.24. The Bertz CT molecular complexity index is 444. The van der Waals surface area contributed by atoms with E-state index >= 15 is 0 Å². The molecule has 9 heteroatoms. The Kier molecular flexibility index (Phi) is 8.75. The zero-order valence-electron chi connectivity index (χ0n) is 11.1. The molecule has 0 saturated carbocycles. The maximum absolute atomic E-state index is 12.5. The van der Waals surface area contributed by atoms with Crippen LogP contribution in [0.2, 0.25) is 0 Å². The van der Waals surface area contributed by atoms with Crippen LogP contribution in [0.25, 0.3) is 0 Å². The fourth-order valence-corrected chi connectivity index (χ4v) is 1.37. The first-order valence-corrected chi connectivity index (χ1v) is 5.93. The number of ether oxygens (including phenoxy) is 1. The van der Waals surface area contributed by atoms with E-state index in [0.717, 1.165) is 12.1 Å². The summed E-state index contributed by atoms with van der Waals surface area (Å²) in [7, 11) is 0. The second-order valence-electron chi connectivity index (χ2n) is 3.86. The number of alkyl halides is 3. The van der Waals surface area contributed by atoms with Gasteiger partial charge in [-0.3, -0.25) is 0 Å². The number of rotatable bonds is 6. The number of nitrogens with two attached hydrogens (primary N) is 1. The molecule has 0 fully saturated rings. The highest BCUT2D eigenvalue weighted by atomic mass is 35.5. The number of hydrogen-bond acceptors (Lipinski definition) is 3. The van der Waals surface area contributed by atoms with Crippen molar-refractivity contribution in [1.82, 2.24) is 5.32 Å². The molecule has 0 aliphatic carbocycles. The molecule has 21 heavy (non-hydrogen) atoms. The normalized spacial score (nSPS) is 10.7. The second kappa shape index (κ2) is 9.43. The number of amides is 2. The summed E-state index contributed by atoms with van der Waals surface area (Å²) in [4.78, 5) is 11.4. The molecule has 0 bridgehead atoms.